The average molecular weight is 171 g/mol. The fourth-order valence-electron chi connectivity index (χ4n) is 1.52. The smallest absolute Gasteiger partial charge is 0.139 e. The molecule has 0 fully saturated rings. The fraction of sp³-hybridized carbons (Fsp3) is 0.900. The molecule has 0 aromatic rings. The molecule has 0 aliphatic carbocycles. The summed E-state index contributed by atoms with van der Waals surface area (Å²) in [5.74, 6) is 0.374. The minimum atomic E-state index is -0.141. The lowest BCUT2D eigenvalue weighted by Crippen LogP contribution is -2.37. The second-order valence-electron chi connectivity index (χ2n) is 3.93. The van der Waals surface area contributed by atoms with Crippen molar-refractivity contribution in [3.05, 3.63) is 0 Å². The maximum absolute atomic E-state index is 11.6. The molecule has 0 heterocycles. The van der Waals surface area contributed by atoms with Gasteiger partial charge in [0.2, 0.25) is 0 Å². The predicted molar refractivity (Wildman–Crippen MR) is 52.3 cm³/mol. The topological polar surface area (TPSA) is 20.3 Å². The van der Waals surface area contributed by atoms with Crippen molar-refractivity contribution in [1.82, 2.24) is 4.90 Å². The van der Waals surface area contributed by atoms with Gasteiger partial charge < -0.3 is 4.90 Å². The highest BCUT2D eigenvalue weighted by molar-refractivity contribution is 5.84. The van der Waals surface area contributed by atoms with E-state index in [9.17, 15) is 4.79 Å². The van der Waals surface area contributed by atoms with E-state index in [0.29, 0.717) is 12.2 Å². The van der Waals surface area contributed by atoms with Crippen LogP contribution in [-0.4, -0.2) is 31.3 Å². The number of carbonyl (C=O) groups is 1. The highest BCUT2D eigenvalue weighted by Crippen LogP contribution is 2.24. The van der Waals surface area contributed by atoms with Gasteiger partial charge in [-0.25, -0.2) is 0 Å². The standard InChI is InChI=1S/C10H21NO/c1-6-9(12)10(3,7-2)8-11(4)5/h6-8H2,1-5H3. The Balaban J connectivity index is 4.33. The number of Topliss-reactive ketones (excluding diaryl/α,β-unsaturated/α-hetero) is 1. The third-order valence-corrected chi connectivity index (χ3v) is 2.44. The largest absolute Gasteiger partial charge is 0.308 e. The van der Waals surface area contributed by atoms with Crippen molar-refractivity contribution in [2.75, 3.05) is 20.6 Å². The third-order valence-electron chi connectivity index (χ3n) is 2.44. The summed E-state index contributed by atoms with van der Waals surface area (Å²) < 4.78 is 0. The van der Waals surface area contributed by atoms with Gasteiger partial charge in [-0.2, -0.15) is 0 Å². The molecule has 2 heteroatoms. The number of nitrogens with zero attached hydrogens (tertiary/aromatic N) is 1. The lowest BCUT2D eigenvalue weighted by atomic mass is 9.81. The quantitative estimate of drug-likeness (QED) is 0.630. The Labute approximate surface area is 75.9 Å². The minimum absolute atomic E-state index is 0.141. The van der Waals surface area contributed by atoms with Crippen molar-refractivity contribution >= 4 is 5.78 Å². The first-order valence-corrected chi connectivity index (χ1v) is 4.64. The summed E-state index contributed by atoms with van der Waals surface area (Å²) in [7, 11) is 4.02. The molecular formula is C10H21NO. The van der Waals surface area contributed by atoms with E-state index in [4.69, 9.17) is 0 Å². The Kier molecular flexibility index (Phi) is 4.46. The molecule has 0 amide bonds. The van der Waals surface area contributed by atoms with Crippen LogP contribution in [0.1, 0.15) is 33.6 Å². The molecular weight excluding hydrogens is 150 g/mol. The Bertz CT molecular complexity index is 154. The van der Waals surface area contributed by atoms with Gasteiger partial charge >= 0.3 is 0 Å². The summed E-state index contributed by atoms with van der Waals surface area (Å²) in [5, 5.41) is 0. The van der Waals surface area contributed by atoms with Crippen LogP contribution in [0.15, 0.2) is 0 Å². The van der Waals surface area contributed by atoms with Gasteiger partial charge in [0.1, 0.15) is 5.78 Å². The lowest BCUT2D eigenvalue weighted by Gasteiger charge is -2.29. The van der Waals surface area contributed by atoms with Crippen molar-refractivity contribution in [2.24, 2.45) is 5.41 Å². The molecule has 1 atom stereocenters. The minimum Gasteiger partial charge on any atom is -0.308 e. The molecule has 12 heavy (non-hydrogen) atoms. The monoisotopic (exact) mass is 171 g/mol. The Morgan fingerprint density at radius 1 is 1.33 bits per heavy atom. The van der Waals surface area contributed by atoms with Crippen LogP contribution < -0.4 is 0 Å². The average Bonchev–Trinajstić information content (AvgIpc) is 2.01. The molecule has 0 bridgehead atoms. The second-order valence-corrected chi connectivity index (χ2v) is 3.93. The van der Waals surface area contributed by atoms with E-state index in [1.165, 1.54) is 0 Å². The van der Waals surface area contributed by atoms with Crippen LogP contribution in [0, 0.1) is 5.41 Å². The van der Waals surface area contributed by atoms with Crippen LogP contribution in [0.4, 0.5) is 0 Å². The van der Waals surface area contributed by atoms with E-state index in [2.05, 4.69) is 18.7 Å². The van der Waals surface area contributed by atoms with Gasteiger partial charge in [0.05, 0.1) is 0 Å². The van der Waals surface area contributed by atoms with Gasteiger partial charge in [-0.05, 0) is 20.5 Å². The normalized spacial score (nSPS) is 16.2. The lowest BCUT2D eigenvalue weighted by molar-refractivity contribution is -0.128. The first-order valence-electron chi connectivity index (χ1n) is 4.64. The van der Waals surface area contributed by atoms with Crippen LogP contribution in [0.25, 0.3) is 0 Å². The summed E-state index contributed by atoms with van der Waals surface area (Å²) in [6, 6.07) is 0. The zero-order chi connectivity index (χ0) is 9.78. The number of hydrogen-bond donors (Lipinski definition) is 0. The molecule has 0 saturated heterocycles. The summed E-state index contributed by atoms with van der Waals surface area (Å²) in [5.41, 5.74) is -0.141. The first kappa shape index (κ1) is 11.6. The number of rotatable bonds is 5. The van der Waals surface area contributed by atoms with Gasteiger partial charge in [-0.15, -0.1) is 0 Å². The van der Waals surface area contributed by atoms with Gasteiger partial charge in [-0.3, -0.25) is 4.79 Å². The summed E-state index contributed by atoms with van der Waals surface area (Å²) in [6.45, 7) is 6.93. The van der Waals surface area contributed by atoms with Crippen molar-refractivity contribution in [1.29, 1.82) is 0 Å². The van der Waals surface area contributed by atoms with Crippen LogP contribution in [0.5, 0.6) is 0 Å². The van der Waals surface area contributed by atoms with Crippen LogP contribution in [0.3, 0.4) is 0 Å². The number of hydrogen-bond acceptors (Lipinski definition) is 2. The molecule has 0 aromatic carbocycles. The molecule has 0 N–H and O–H groups in total. The van der Waals surface area contributed by atoms with E-state index in [1.54, 1.807) is 0 Å². The zero-order valence-electron chi connectivity index (χ0n) is 8.98. The van der Waals surface area contributed by atoms with Gasteiger partial charge in [-0.1, -0.05) is 20.8 Å². The Hall–Kier alpha value is -0.370. The van der Waals surface area contributed by atoms with Gasteiger partial charge in [0, 0.05) is 18.4 Å². The van der Waals surface area contributed by atoms with E-state index >= 15 is 0 Å². The van der Waals surface area contributed by atoms with E-state index in [1.807, 2.05) is 21.0 Å². The Morgan fingerprint density at radius 3 is 2.08 bits per heavy atom. The van der Waals surface area contributed by atoms with Crippen LogP contribution >= 0.6 is 0 Å². The molecule has 0 spiro atoms. The molecule has 0 aliphatic heterocycles. The second kappa shape index (κ2) is 4.61. The van der Waals surface area contributed by atoms with E-state index < -0.39 is 0 Å². The Morgan fingerprint density at radius 2 is 1.83 bits per heavy atom. The number of ketones is 1. The highest BCUT2D eigenvalue weighted by Gasteiger charge is 2.29. The third kappa shape index (κ3) is 2.94. The van der Waals surface area contributed by atoms with E-state index in [-0.39, 0.29) is 5.41 Å². The zero-order valence-corrected chi connectivity index (χ0v) is 8.98. The first-order chi connectivity index (χ1) is 5.46. The predicted octanol–water partition coefficient (Wildman–Crippen LogP) is 1.94. The van der Waals surface area contributed by atoms with Crippen LogP contribution in [-0.2, 0) is 4.79 Å². The maximum Gasteiger partial charge on any atom is 0.139 e. The SMILES string of the molecule is CCC(=O)C(C)(CC)CN(C)C. The van der Waals surface area contributed by atoms with Crippen molar-refractivity contribution in [2.45, 2.75) is 33.6 Å². The van der Waals surface area contributed by atoms with Gasteiger partial charge in [0.25, 0.3) is 0 Å². The van der Waals surface area contributed by atoms with Crippen molar-refractivity contribution < 1.29 is 4.79 Å². The molecule has 0 radical (unpaired) electrons. The van der Waals surface area contributed by atoms with Crippen molar-refractivity contribution in [3.8, 4) is 0 Å². The molecule has 72 valence electrons. The highest BCUT2D eigenvalue weighted by atomic mass is 16.1. The molecule has 0 aromatic heterocycles. The summed E-state index contributed by atoms with van der Waals surface area (Å²) in [6.07, 6.45) is 1.58. The van der Waals surface area contributed by atoms with Crippen molar-refractivity contribution in [3.63, 3.8) is 0 Å². The summed E-state index contributed by atoms with van der Waals surface area (Å²) >= 11 is 0. The molecule has 1 unspecified atom stereocenters. The molecule has 2 nitrogen and oxygen atoms in total. The maximum atomic E-state index is 11.6. The molecule has 0 saturated carbocycles. The van der Waals surface area contributed by atoms with E-state index in [0.717, 1.165) is 13.0 Å². The molecule has 0 rings (SSSR count). The molecule has 0 aliphatic rings. The summed E-state index contributed by atoms with van der Waals surface area (Å²) in [4.78, 5) is 13.7. The van der Waals surface area contributed by atoms with Crippen LogP contribution in [0.2, 0.25) is 0 Å². The van der Waals surface area contributed by atoms with Gasteiger partial charge in [0.15, 0.2) is 0 Å². The fourth-order valence-corrected chi connectivity index (χ4v) is 1.52. The number of carbonyl (C=O) groups excluding carboxylic acids is 1.